The molecule has 1 aromatic carbocycles. The van der Waals surface area contributed by atoms with E-state index in [2.05, 4.69) is 5.10 Å². The molecule has 158 valence electrons. The Bertz CT molecular complexity index is 943. The Morgan fingerprint density at radius 2 is 2.07 bits per heavy atom. The Balaban J connectivity index is 1.58. The predicted octanol–water partition coefficient (Wildman–Crippen LogP) is 3.45. The smallest absolute Gasteiger partial charge is 0.262 e. The predicted molar refractivity (Wildman–Crippen MR) is 113 cm³/mol. The molecule has 8 heteroatoms. The van der Waals surface area contributed by atoms with E-state index in [1.165, 1.54) is 22.4 Å². The molecule has 2 aliphatic rings. The topological polar surface area (TPSA) is 62.2 Å². The zero-order chi connectivity index (χ0) is 21.1. The van der Waals surface area contributed by atoms with E-state index in [-0.39, 0.29) is 36.1 Å². The number of halogens is 1. The molecule has 0 N–H and O–H groups in total. The van der Waals surface area contributed by atoms with Crippen LogP contribution in [0, 0.1) is 11.7 Å². The summed E-state index contributed by atoms with van der Waals surface area (Å²) < 4.78 is 19.5. The molecule has 1 aromatic heterocycles. The van der Waals surface area contributed by atoms with Crippen molar-refractivity contribution in [2.24, 2.45) is 11.0 Å². The molecule has 0 saturated heterocycles. The lowest BCUT2D eigenvalue weighted by Gasteiger charge is -2.26. The van der Waals surface area contributed by atoms with Crippen LogP contribution >= 0.6 is 11.3 Å². The SMILES string of the molecule is COCCN(CC(=O)N1N=C(c2ccccc2F)C[C@H]1c1cccs1)C(=O)C1CC1. The molecule has 4 rings (SSSR count). The number of ether oxygens (including phenoxy) is 1. The summed E-state index contributed by atoms with van der Waals surface area (Å²) in [7, 11) is 1.57. The van der Waals surface area contributed by atoms with Gasteiger partial charge in [0.15, 0.2) is 0 Å². The van der Waals surface area contributed by atoms with Gasteiger partial charge in [-0.25, -0.2) is 9.40 Å². The van der Waals surface area contributed by atoms with Crippen LogP contribution in [0.1, 0.15) is 35.7 Å². The standard InChI is InChI=1S/C22H24FN3O3S/c1-29-11-10-25(22(28)15-8-9-15)14-21(27)26-19(20-7-4-12-30-20)13-18(24-26)16-5-2-3-6-17(16)23/h2-7,12,15,19H,8-11,13-14H2,1H3/t19-/m0/s1. The van der Waals surface area contributed by atoms with Crippen molar-refractivity contribution < 1.29 is 18.7 Å². The number of rotatable bonds is 8. The van der Waals surface area contributed by atoms with Crippen LogP contribution < -0.4 is 0 Å². The van der Waals surface area contributed by atoms with E-state index in [0.29, 0.717) is 30.8 Å². The zero-order valence-corrected chi connectivity index (χ0v) is 17.6. The van der Waals surface area contributed by atoms with Gasteiger partial charge >= 0.3 is 0 Å². The average molecular weight is 430 g/mol. The Kier molecular flexibility index (Phi) is 6.24. The van der Waals surface area contributed by atoms with Crippen LogP contribution in [0.2, 0.25) is 0 Å². The minimum atomic E-state index is -0.360. The van der Waals surface area contributed by atoms with E-state index in [1.807, 2.05) is 17.5 Å². The third kappa shape index (κ3) is 4.44. The van der Waals surface area contributed by atoms with Gasteiger partial charge < -0.3 is 9.64 Å². The average Bonchev–Trinajstić information content (AvgIpc) is 3.27. The van der Waals surface area contributed by atoms with Gasteiger partial charge in [0, 0.05) is 36.4 Å². The normalized spacial score (nSPS) is 18.4. The minimum Gasteiger partial charge on any atom is -0.383 e. The first-order valence-electron chi connectivity index (χ1n) is 10.0. The summed E-state index contributed by atoms with van der Waals surface area (Å²) in [6.45, 7) is 0.664. The molecule has 0 radical (unpaired) electrons. The number of carbonyl (C=O) groups is 2. The van der Waals surface area contributed by atoms with Gasteiger partial charge in [0.05, 0.1) is 18.4 Å². The van der Waals surface area contributed by atoms with Crippen molar-refractivity contribution in [1.29, 1.82) is 0 Å². The van der Waals surface area contributed by atoms with E-state index in [0.717, 1.165) is 17.7 Å². The van der Waals surface area contributed by atoms with Crippen molar-refractivity contribution in [3.05, 3.63) is 58.0 Å². The second-order valence-electron chi connectivity index (χ2n) is 7.53. The zero-order valence-electron chi connectivity index (χ0n) is 16.8. The maximum atomic E-state index is 14.3. The summed E-state index contributed by atoms with van der Waals surface area (Å²) in [5.41, 5.74) is 0.941. The van der Waals surface area contributed by atoms with Crippen LogP contribution in [0.4, 0.5) is 4.39 Å². The highest BCUT2D eigenvalue weighted by Crippen LogP contribution is 2.36. The quantitative estimate of drug-likeness (QED) is 0.646. The summed E-state index contributed by atoms with van der Waals surface area (Å²) in [6, 6.07) is 10.0. The molecule has 2 heterocycles. The van der Waals surface area contributed by atoms with Gasteiger partial charge in [-0.15, -0.1) is 11.3 Å². The number of hydrogen-bond acceptors (Lipinski definition) is 5. The molecule has 30 heavy (non-hydrogen) atoms. The fourth-order valence-corrected chi connectivity index (χ4v) is 4.41. The number of amides is 2. The summed E-state index contributed by atoms with van der Waals surface area (Å²) in [6.07, 6.45) is 2.17. The minimum absolute atomic E-state index is 0.00872. The van der Waals surface area contributed by atoms with Gasteiger partial charge in [0.2, 0.25) is 5.91 Å². The van der Waals surface area contributed by atoms with Crippen LogP contribution in [0.15, 0.2) is 46.9 Å². The van der Waals surface area contributed by atoms with Crippen LogP contribution in [0.5, 0.6) is 0 Å². The Labute approximate surface area is 178 Å². The molecule has 1 fully saturated rings. The second kappa shape index (κ2) is 9.06. The molecule has 1 aliphatic heterocycles. The molecule has 1 saturated carbocycles. The molecule has 2 amide bonds. The molecule has 2 aromatic rings. The lowest BCUT2D eigenvalue weighted by molar-refractivity contribution is -0.142. The molecular formula is C22H24FN3O3S. The number of carbonyl (C=O) groups excluding carboxylic acids is 2. The number of benzene rings is 1. The number of methoxy groups -OCH3 is 1. The van der Waals surface area contributed by atoms with Gasteiger partial charge in [-0.1, -0.05) is 24.3 Å². The maximum Gasteiger partial charge on any atom is 0.262 e. The molecule has 1 atom stereocenters. The fraction of sp³-hybridized carbons (Fsp3) is 0.409. The molecule has 6 nitrogen and oxygen atoms in total. The number of hydrazone groups is 1. The van der Waals surface area contributed by atoms with Crippen molar-refractivity contribution in [2.45, 2.75) is 25.3 Å². The van der Waals surface area contributed by atoms with E-state index < -0.39 is 0 Å². The third-order valence-corrected chi connectivity index (χ3v) is 6.33. The van der Waals surface area contributed by atoms with Crippen molar-refractivity contribution in [1.82, 2.24) is 9.91 Å². The van der Waals surface area contributed by atoms with Gasteiger partial charge in [-0.2, -0.15) is 5.10 Å². The van der Waals surface area contributed by atoms with Crippen molar-refractivity contribution in [3.63, 3.8) is 0 Å². The first kappa shape index (κ1) is 20.7. The third-order valence-electron chi connectivity index (χ3n) is 5.35. The molecule has 0 spiro atoms. The Morgan fingerprint density at radius 3 is 2.73 bits per heavy atom. The molecule has 0 bridgehead atoms. The van der Waals surface area contributed by atoms with E-state index in [1.54, 1.807) is 30.2 Å². The van der Waals surface area contributed by atoms with Gasteiger partial charge in [-0.3, -0.25) is 9.59 Å². The Morgan fingerprint density at radius 1 is 1.27 bits per heavy atom. The van der Waals surface area contributed by atoms with Crippen LogP contribution in [-0.2, 0) is 14.3 Å². The fourth-order valence-electron chi connectivity index (χ4n) is 3.59. The first-order chi connectivity index (χ1) is 14.6. The molecule has 1 aliphatic carbocycles. The summed E-state index contributed by atoms with van der Waals surface area (Å²) in [5, 5.41) is 7.88. The molecule has 0 unspecified atom stereocenters. The number of thiophene rings is 1. The van der Waals surface area contributed by atoms with Crippen LogP contribution in [-0.4, -0.2) is 54.2 Å². The summed E-state index contributed by atoms with van der Waals surface area (Å²) in [4.78, 5) is 28.4. The van der Waals surface area contributed by atoms with E-state index in [4.69, 9.17) is 4.74 Å². The summed E-state index contributed by atoms with van der Waals surface area (Å²) in [5.74, 6) is -0.629. The first-order valence-corrected chi connectivity index (χ1v) is 10.9. The number of hydrogen-bond donors (Lipinski definition) is 0. The largest absolute Gasteiger partial charge is 0.383 e. The highest BCUT2D eigenvalue weighted by molar-refractivity contribution is 7.10. The highest BCUT2D eigenvalue weighted by Gasteiger charge is 2.38. The van der Waals surface area contributed by atoms with E-state index >= 15 is 0 Å². The number of nitrogens with zero attached hydrogens (tertiary/aromatic N) is 3. The van der Waals surface area contributed by atoms with E-state index in [9.17, 15) is 14.0 Å². The lowest BCUT2D eigenvalue weighted by Crippen LogP contribution is -2.43. The van der Waals surface area contributed by atoms with Gasteiger partial charge in [0.25, 0.3) is 5.91 Å². The molecular weight excluding hydrogens is 405 g/mol. The second-order valence-corrected chi connectivity index (χ2v) is 8.51. The van der Waals surface area contributed by atoms with Crippen molar-refractivity contribution in [3.8, 4) is 0 Å². The summed E-state index contributed by atoms with van der Waals surface area (Å²) >= 11 is 1.54. The lowest BCUT2D eigenvalue weighted by atomic mass is 10.0. The van der Waals surface area contributed by atoms with Gasteiger partial charge in [0.1, 0.15) is 12.4 Å². The van der Waals surface area contributed by atoms with Crippen LogP contribution in [0.3, 0.4) is 0 Å². The Hall–Kier alpha value is -2.58. The van der Waals surface area contributed by atoms with Crippen molar-refractivity contribution in [2.75, 3.05) is 26.8 Å². The maximum absolute atomic E-state index is 14.3. The monoisotopic (exact) mass is 429 g/mol. The van der Waals surface area contributed by atoms with Crippen molar-refractivity contribution >= 4 is 28.9 Å². The van der Waals surface area contributed by atoms with Crippen LogP contribution in [0.25, 0.3) is 0 Å². The van der Waals surface area contributed by atoms with Gasteiger partial charge in [-0.05, 0) is 30.4 Å². The highest BCUT2D eigenvalue weighted by atomic mass is 32.1.